The number of rotatable bonds is 2. The molecule has 1 aliphatic rings. The lowest BCUT2D eigenvalue weighted by Crippen LogP contribution is -1.93. The van der Waals surface area contributed by atoms with E-state index in [1.54, 1.807) is 13.2 Å². The van der Waals surface area contributed by atoms with E-state index in [0.717, 1.165) is 5.75 Å². The van der Waals surface area contributed by atoms with Crippen molar-refractivity contribution in [2.24, 2.45) is 0 Å². The zero-order valence-corrected chi connectivity index (χ0v) is 7.58. The molecule has 0 atom stereocenters. The molecule has 1 fully saturated rings. The van der Waals surface area contributed by atoms with Crippen LogP contribution in [0.1, 0.15) is 29.9 Å². The molecule has 0 spiro atoms. The number of methoxy groups -OCH3 is 1. The van der Waals surface area contributed by atoms with Crippen molar-refractivity contribution in [3.63, 3.8) is 0 Å². The van der Waals surface area contributed by atoms with Crippen molar-refractivity contribution in [2.75, 3.05) is 7.11 Å². The van der Waals surface area contributed by atoms with Gasteiger partial charge in [0.15, 0.2) is 0 Å². The van der Waals surface area contributed by atoms with E-state index in [1.165, 1.54) is 18.4 Å². The van der Waals surface area contributed by atoms with E-state index in [1.807, 2.05) is 6.07 Å². The maximum atomic E-state index is 8.85. The first kappa shape index (κ1) is 8.12. The van der Waals surface area contributed by atoms with Crippen LogP contribution in [0.4, 0.5) is 0 Å². The topological polar surface area (TPSA) is 33.0 Å². The maximum absolute atomic E-state index is 8.85. The lowest BCUT2D eigenvalue weighted by molar-refractivity contribution is 0.408. The van der Waals surface area contributed by atoms with Crippen LogP contribution in [0.2, 0.25) is 0 Å². The SMILES string of the molecule is COc1c(C#N)cccc1C1CC1. The summed E-state index contributed by atoms with van der Waals surface area (Å²) in [6, 6.07) is 7.92. The minimum Gasteiger partial charge on any atom is -0.495 e. The van der Waals surface area contributed by atoms with Gasteiger partial charge in [0, 0.05) is 0 Å². The van der Waals surface area contributed by atoms with Crippen LogP contribution in [-0.4, -0.2) is 7.11 Å². The van der Waals surface area contributed by atoms with Crippen LogP contribution < -0.4 is 4.74 Å². The molecule has 1 aromatic rings. The Morgan fingerprint density at radius 2 is 2.23 bits per heavy atom. The molecular weight excluding hydrogens is 162 g/mol. The standard InChI is InChI=1S/C11H11NO/c1-13-11-9(7-12)3-2-4-10(11)8-5-6-8/h2-4,8H,5-6H2,1H3. The molecule has 0 unspecified atom stereocenters. The highest BCUT2D eigenvalue weighted by molar-refractivity contribution is 5.50. The third-order valence-corrected chi connectivity index (χ3v) is 2.39. The molecule has 0 amide bonds. The van der Waals surface area contributed by atoms with E-state index < -0.39 is 0 Å². The Morgan fingerprint density at radius 3 is 2.77 bits per heavy atom. The molecule has 0 N–H and O–H groups in total. The molecular formula is C11H11NO. The van der Waals surface area contributed by atoms with Crippen LogP contribution in [0.15, 0.2) is 18.2 Å². The fraction of sp³-hybridized carbons (Fsp3) is 0.364. The summed E-state index contributed by atoms with van der Waals surface area (Å²) in [7, 11) is 1.63. The molecule has 2 nitrogen and oxygen atoms in total. The van der Waals surface area contributed by atoms with Crippen LogP contribution in [0.3, 0.4) is 0 Å². The number of nitrogens with zero attached hydrogens (tertiary/aromatic N) is 1. The fourth-order valence-electron chi connectivity index (χ4n) is 1.59. The van der Waals surface area contributed by atoms with Gasteiger partial charge in [-0.2, -0.15) is 5.26 Å². The summed E-state index contributed by atoms with van der Waals surface area (Å²) < 4.78 is 5.25. The van der Waals surface area contributed by atoms with Crippen molar-refractivity contribution in [1.29, 1.82) is 5.26 Å². The zero-order chi connectivity index (χ0) is 9.26. The fourth-order valence-corrected chi connectivity index (χ4v) is 1.59. The highest BCUT2D eigenvalue weighted by atomic mass is 16.5. The van der Waals surface area contributed by atoms with Gasteiger partial charge in [0.2, 0.25) is 0 Å². The van der Waals surface area contributed by atoms with Gasteiger partial charge in [-0.15, -0.1) is 0 Å². The average Bonchev–Trinajstić information content (AvgIpc) is 2.99. The van der Waals surface area contributed by atoms with Crippen molar-refractivity contribution in [3.8, 4) is 11.8 Å². The molecule has 1 saturated carbocycles. The van der Waals surface area contributed by atoms with Crippen LogP contribution >= 0.6 is 0 Å². The summed E-state index contributed by atoms with van der Waals surface area (Å²) in [5, 5.41) is 8.85. The molecule has 0 aliphatic heterocycles. The monoisotopic (exact) mass is 173 g/mol. The molecule has 0 heterocycles. The lowest BCUT2D eigenvalue weighted by Gasteiger charge is -2.08. The molecule has 0 aromatic heterocycles. The molecule has 2 heteroatoms. The van der Waals surface area contributed by atoms with Crippen molar-refractivity contribution in [3.05, 3.63) is 29.3 Å². The highest BCUT2D eigenvalue weighted by Gasteiger charge is 2.27. The van der Waals surface area contributed by atoms with Crippen LogP contribution in [-0.2, 0) is 0 Å². The second-order valence-corrected chi connectivity index (χ2v) is 3.31. The van der Waals surface area contributed by atoms with Crippen molar-refractivity contribution >= 4 is 0 Å². The van der Waals surface area contributed by atoms with Crippen LogP contribution in [0.25, 0.3) is 0 Å². The lowest BCUT2D eigenvalue weighted by atomic mass is 10.1. The number of benzene rings is 1. The first-order valence-electron chi connectivity index (χ1n) is 4.44. The Morgan fingerprint density at radius 1 is 1.46 bits per heavy atom. The van der Waals surface area contributed by atoms with Gasteiger partial charge in [-0.05, 0) is 30.4 Å². The second-order valence-electron chi connectivity index (χ2n) is 3.31. The summed E-state index contributed by atoms with van der Waals surface area (Å²) in [4.78, 5) is 0. The second kappa shape index (κ2) is 3.10. The first-order valence-corrected chi connectivity index (χ1v) is 4.44. The van der Waals surface area contributed by atoms with E-state index in [2.05, 4.69) is 12.1 Å². The van der Waals surface area contributed by atoms with Crippen molar-refractivity contribution < 1.29 is 4.74 Å². The summed E-state index contributed by atoms with van der Waals surface area (Å²) in [6.07, 6.45) is 2.45. The summed E-state index contributed by atoms with van der Waals surface area (Å²) in [5.41, 5.74) is 1.84. The molecule has 13 heavy (non-hydrogen) atoms. The number of ether oxygens (including phenoxy) is 1. The quantitative estimate of drug-likeness (QED) is 0.688. The Balaban J connectivity index is 2.49. The Hall–Kier alpha value is -1.49. The summed E-state index contributed by atoms with van der Waals surface area (Å²) in [6.45, 7) is 0. The van der Waals surface area contributed by atoms with Gasteiger partial charge in [0.1, 0.15) is 11.8 Å². The zero-order valence-electron chi connectivity index (χ0n) is 7.58. The average molecular weight is 173 g/mol. The van der Waals surface area contributed by atoms with Gasteiger partial charge in [-0.3, -0.25) is 0 Å². The minimum absolute atomic E-state index is 0.628. The minimum atomic E-state index is 0.628. The third-order valence-electron chi connectivity index (χ3n) is 2.39. The normalized spacial score (nSPS) is 15.1. The van der Waals surface area contributed by atoms with E-state index >= 15 is 0 Å². The van der Waals surface area contributed by atoms with E-state index in [0.29, 0.717) is 11.5 Å². The maximum Gasteiger partial charge on any atom is 0.140 e. The Bertz CT molecular complexity index is 361. The van der Waals surface area contributed by atoms with Gasteiger partial charge in [0.05, 0.1) is 12.7 Å². The van der Waals surface area contributed by atoms with Crippen LogP contribution in [0, 0.1) is 11.3 Å². The number of para-hydroxylation sites is 1. The number of hydrogen-bond acceptors (Lipinski definition) is 2. The van der Waals surface area contributed by atoms with Crippen molar-refractivity contribution in [2.45, 2.75) is 18.8 Å². The third kappa shape index (κ3) is 1.38. The molecule has 1 aliphatic carbocycles. The largest absolute Gasteiger partial charge is 0.495 e. The Labute approximate surface area is 77.8 Å². The molecule has 0 saturated heterocycles. The van der Waals surface area contributed by atoms with Gasteiger partial charge in [0.25, 0.3) is 0 Å². The number of hydrogen-bond donors (Lipinski definition) is 0. The molecule has 0 radical (unpaired) electrons. The number of nitriles is 1. The Kier molecular flexibility index (Phi) is 1.94. The van der Waals surface area contributed by atoms with Crippen LogP contribution in [0.5, 0.6) is 5.75 Å². The van der Waals surface area contributed by atoms with Crippen molar-refractivity contribution in [1.82, 2.24) is 0 Å². The van der Waals surface area contributed by atoms with Gasteiger partial charge < -0.3 is 4.74 Å². The summed E-state index contributed by atoms with van der Waals surface area (Å²) in [5.74, 6) is 1.40. The molecule has 66 valence electrons. The van der Waals surface area contributed by atoms with E-state index in [-0.39, 0.29) is 0 Å². The predicted molar refractivity (Wildman–Crippen MR) is 49.7 cm³/mol. The summed E-state index contributed by atoms with van der Waals surface area (Å²) >= 11 is 0. The molecule has 1 aromatic carbocycles. The first-order chi connectivity index (χ1) is 6.36. The van der Waals surface area contributed by atoms with Gasteiger partial charge in [-0.1, -0.05) is 12.1 Å². The van der Waals surface area contributed by atoms with Gasteiger partial charge >= 0.3 is 0 Å². The van der Waals surface area contributed by atoms with Gasteiger partial charge in [-0.25, -0.2) is 0 Å². The smallest absolute Gasteiger partial charge is 0.140 e. The van der Waals surface area contributed by atoms with E-state index in [9.17, 15) is 0 Å². The van der Waals surface area contributed by atoms with E-state index in [4.69, 9.17) is 10.00 Å². The molecule has 0 bridgehead atoms. The molecule has 2 rings (SSSR count). The highest BCUT2D eigenvalue weighted by Crippen LogP contribution is 2.45. The predicted octanol–water partition coefficient (Wildman–Crippen LogP) is 2.44.